The molecule has 0 radical (unpaired) electrons. The fourth-order valence-electron chi connectivity index (χ4n) is 0.913. The first-order valence-corrected chi connectivity index (χ1v) is 4.36. The number of hydrogen-bond donors (Lipinski definition) is 1. The van der Waals surface area contributed by atoms with Crippen LogP contribution in [-0.2, 0) is 6.18 Å². The molecule has 0 heterocycles. The van der Waals surface area contributed by atoms with Crippen molar-refractivity contribution in [2.24, 2.45) is 5.16 Å². The highest BCUT2D eigenvalue weighted by molar-refractivity contribution is 6.70. The first-order chi connectivity index (χ1) is 6.86. The molecule has 1 N–H and O–H groups in total. The van der Waals surface area contributed by atoms with Crippen molar-refractivity contribution in [1.29, 1.82) is 0 Å². The van der Waals surface area contributed by atoms with E-state index in [0.717, 1.165) is 12.1 Å². The molecule has 0 aromatic heterocycles. The second kappa shape index (κ2) is 4.28. The van der Waals surface area contributed by atoms with Gasteiger partial charge in [0.05, 0.1) is 10.6 Å². The number of hydrogen-bond acceptors (Lipinski definition) is 2. The van der Waals surface area contributed by atoms with Gasteiger partial charge in [0.15, 0.2) is 5.17 Å². The van der Waals surface area contributed by atoms with Gasteiger partial charge in [-0.3, -0.25) is 0 Å². The van der Waals surface area contributed by atoms with E-state index in [4.69, 9.17) is 28.4 Å². The number of benzene rings is 1. The Labute approximate surface area is 92.9 Å². The van der Waals surface area contributed by atoms with E-state index in [9.17, 15) is 13.2 Å². The van der Waals surface area contributed by atoms with Crippen LogP contribution in [0.3, 0.4) is 0 Å². The zero-order valence-electron chi connectivity index (χ0n) is 7.02. The summed E-state index contributed by atoms with van der Waals surface area (Å²) in [6, 6.07) is 2.55. The molecular weight excluding hydrogens is 254 g/mol. The smallest absolute Gasteiger partial charge is 0.410 e. The van der Waals surface area contributed by atoms with E-state index in [2.05, 4.69) is 5.16 Å². The summed E-state index contributed by atoms with van der Waals surface area (Å²) in [6.07, 6.45) is -4.47. The third-order valence-electron chi connectivity index (χ3n) is 1.61. The van der Waals surface area contributed by atoms with E-state index < -0.39 is 11.7 Å². The van der Waals surface area contributed by atoms with Gasteiger partial charge in [0.1, 0.15) is 0 Å². The molecule has 0 bridgehead atoms. The molecule has 1 aromatic rings. The Morgan fingerprint density at radius 3 is 2.33 bits per heavy atom. The van der Waals surface area contributed by atoms with Crippen LogP contribution in [0.4, 0.5) is 13.2 Å². The minimum absolute atomic E-state index is 0.0360. The van der Waals surface area contributed by atoms with Crippen LogP contribution >= 0.6 is 23.2 Å². The number of rotatable bonds is 1. The van der Waals surface area contributed by atoms with Crippen molar-refractivity contribution in [3.05, 3.63) is 34.3 Å². The van der Waals surface area contributed by atoms with Crippen molar-refractivity contribution < 1.29 is 18.4 Å². The van der Waals surface area contributed by atoms with Gasteiger partial charge in [-0.05, 0) is 18.2 Å². The standard InChI is InChI=1S/C8H4Cl2F3NO/c9-6-3-4(8(11,12)13)1-2-5(6)7(10)14-15/h1-3,15H/b14-7+. The molecule has 0 saturated heterocycles. The van der Waals surface area contributed by atoms with Gasteiger partial charge in [0.2, 0.25) is 0 Å². The SMILES string of the molecule is O/N=C(/Cl)c1ccc(C(F)(F)F)cc1Cl. The Hall–Kier alpha value is -0.940. The molecule has 0 atom stereocenters. The molecule has 0 aliphatic rings. The minimum Gasteiger partial charge on any atom is -0.410 e. The van der Waals surface area contributed by atoms with Gasteiger partial charge < -0.3 is 5.21 Å². The largest absolute Gasteiger partial charge is 0.416 e. The molecule has 15 heavy (non-hydrogen) atoms. The summed E-state index contributed by atoms with van der Waals surface area (Å²) in [5.41, 5.74) is -0.854. The maximum absolute atomic E-state index is 12.2. The predicted octanol–water partition coefficient (Wildman–Crippen LogP) is 3.73. The lowest BCUT2D eigenvalue weighted by Gasteiger charge is -2.08. The molecule has 0 fully saturated rings. The molecule has 0 saturated carbocycles. The van der Waals surface area contributed by atoms with Gasteiger partial charge in [-0.15, -0.1) is 0 Å². The normalized spacial score (nSPS) is 13.0. The summed E-state index contributed by atoms with van der Waals surface area (Å²) < 4.78 is 36.6. The molecule has 0 spiro atoms. The number of halogens is 5. The lowest BCUT2D eigenvalue weighted by atomic mass is 10.1. The van der Waals surface area contributed by atoms with Gasteiger partial charge in [-0.1, -0.05) is 28.4 Å². The molecule has 1 aromatic carbocycles. The van der Waals surface area contributed by atoms with Gasteiger partial charge in [-0.2, -0.15) is 13.2 Å². The second-order valence-corrected chi connectivity index (χ2v) is 3.35. The van der Waals surface area contributed by atoms with E-state index in [1.165, 1.54) is 0 Å². The van der Waals surface area contributed by atoms with Gasteiger partial charge in [0.25, 0.3) is 0 Å². The average molecular weight is 258 g/mol. The molecule has 0 unspecified atom stereocenters. The van der Waals surface area contributed by atoms with Crippen molar-refractivity contribution >= 4 is 28.4 Å². The number of oxime groups is 1. The first kappa shape index (κ1) is 12.1. The molecule has 82 valence electrons. The quantitative estimate of drug-likeness (QED) is 0.464. The average Bonchev–Trinajstić information content (AvgIpc) is 2.15. The lowest BCUT2D eigenvalue weighted by Crippen LogP contribution is -2.05. The lowest BCUT2D eigenvalue weighted by molar-refractivity contribution is -0.137. The van der Waals surface area contributed by atoms with Gasteiger partial charge in [0, 0.05) is 5.56 Å². The maximum Gasteiger partial charge on any atom is 0.416 e. The fraction of sp³-hybridized carbons (Fsp3) is 0.125. The summed E-state index contributed by atoms with van der Waals surface area (Å²) in [4.78, 5) is 0. The van der Waals surface area contributed by atoms with Crippen LogP contribution in [0.5, 0.6) is 0 Å². The van der Waals surface area contributed by atoms with Crippen molar-refractivity contribution in [3.63, 3.8) is 0 Å². The molecule has 0 aliphatic carbocycles. The third kappa shape index (κ3) is 2.76. The van der Waals surface area contributed by atoms with Crippen molar-refractivity contribution in [3.8, 4) is 0 Å². The topological polar surface area (TPSA) is 32.6 Å². The van der Waals surface area contributed by atoms with Crippen LogP contribution in [0.25, 0.3) is 0 Å². The number of alkyl halides is 3. The first-order valence-electron chi connectivity index (χ1n) is 3.61. The van der Waals surface area contributed by atoms with E-state index in [1.54, 1.807) is 0 Å². The van der Waals surface area contributed by atoms with Crippen LogP contribution in [-0.4, -0.2) is 10.4 Å². The summed E-state index contributed by atoms with van der Waals surface area (Å²) in [6.45, 7) is 0. The summed E-state index contributed by atoms with van der Waals surface area (Å²) >= 11 is 10.9. The second-order valence-electron chi connectivity index (χ2n) is 2.58. The summed E-state index contributed by atoms with van der Waals surface area (Å²) in [5.74, 6) is 0. The minimum atomic E-state index is -4.47. The Morgan fingerprint density at radius 1 is 1.33 bits per heavy atom. The zero-order valence-corrected chi connectivity index (χ0v) is 8.53. The fourth-order valence-corrected chi connectivity index (χ4v) is 1.40. The highest BCUT2D eigenvalue weighted by Crippen LogP contribution is 2.32. The van der Waals surface area contributed by atoms with E-state index >= 15 is 0 Å². The number of nitrogens with zero attached hydrogens (tertiary/aromatic N) is 1. The predicted molar refractivity (Wildman–Crippen MR) is 50.6 cm³/mol. The van der Waals surface area contributed by atoms with Crippen molar-refractivity contribution in [1.82, 2.24) is 0 Å². The van der Waals surface area contributed by atoms with Crippen LogP contribution in [0.1, 0.15) is 11.1 Å². The molecule has 0 aliphatic heterocycles. The molecule has 0 amide bonds. The van der Waals surface area contributed by atoms with Gasteiger partial charge in [-0.25, -0.2) is 0 Å². The summed E-state index contributed by atoms with van der Waals surface area (Å²) in [7, 11) is 0. The highest BCUT2D eigenvalue weighted by atomic mass is 35.5. The van der Waals surface area contributed by atoms with Crippen LogP contribution < -0.4 is 0 Å². The zero-order chi connectivity index (χ0) is 11.6. The highest BCUT2D eigenvalue weighted by Gasteiger charge is 2.31. The molecule has 1 rings (SSSR count). The summed E-state index contributed by atoms with van der Waals surface area (Å²) in [5, 5.41) is 10.3. The molecular formula is C8H4Cl2F3NO. The molecule has 7 heteroatoms. The van der Waals surface area contributed by atoms with Crippen LogP contribution in [0, 0.1) is 0 Å². The van der Waals surface area contributed by atoms with Crippen molar-refractivity contribution in [2.45, 2.75) is 6.18 Å². The third-order valence-corrected chi connectivity index (χ3v) is 2.20. The van der Waals surface area contributed by atoms with Gasteiger partial charge >= 0.3 is 6.18 Å². The Morgan fingerprint density at radius 2 is 1.93 bits per heavy atom. The Balaban J connectivity index is 3.21. The van der Waals surface area contributed by atoms with Crippen LogP contribution in [0.2, 0.25) is 5.02 Å². The van der Waals surface area contributed by atoms with E-state index in [0.29, 0.717) is 6.07 Å². The molecule has 2 nitrogen and oxygen atoms in total. The van der Waals surface area contributed by atoms with E-state index in [1.807, 2.05) is 0 Å². The Bertz CT molecular complexity index is 403. The maximum atomic E-state index is 12.2. The van der Waals surface area contributed by atoms with E-state index in [-0.39, 0.29) is 15.8 Å². The van der Waals surface area contributed by atoms with Crippen LogP contribution in [0.15, 0.2) is 23.4 Å². The monoisotopic (exact) mass is 257 g/mol. The van der Waals surface area contributed by atoms with Crippen molar-refractivity contribution in [2.75, 3.05) is 0 Å². The Kier molecular flexibility index (Phi) is 3.46.